The summed E-state index contributed by atoms with van der Waals surface area (Å²) in [6.07, 6.45) is 0. The number of hydrogen-bond donors (Lipinski definition) is 6. The van der Waals surface area contributed by atoms with Crippen molar-refractivity contribution >= 4 is 8.41 Å². The number of nitrogens with two attached hydrogens (primary N) is 6. The Bertz CT molecular complexity index is 56.1. The molecule has 0 aromatic rings. The molecule has 0 heterocycles. The molecular formula is C7H29BN6. The van der Waals surface area contributed by atoms with Crippen LogP contribution in [0.3, 0.4) is 0 Å². The molecule has 0 saturated carbocycles. The highest BCUT2D eigenvalue weighted by Crippen LogP contribution is 1.59. The van der Waals surface area contributed by atoms with Gasteiger partial charge >= 0.3 is 0 Å². The van der Waals surface area contributed by atoms with Gasteiger partial charge in [-0.2, -0.15) is 0 Å². The van der Waals surface area contributed by atoms with Crippen molar-refractivity contribution in [1.29, 1.82) is 0 Å². The van der Waals surface area contributed by atoms with Gasteiger partial charge in [-0.25, -0.2) is 0 Å². The molecule has 14 heavy (non-hydrogen) atoms. The third-order valence-electron chi connectivity index (χ3n) is 0.705. The van der Waals surface area contributed by atoms with Crippen LogP contribution in [0, 0.1) is 0 Å². The van der Waals surface area contributed by atoms with Gasteiger partial charge < -0.3 is 34.4 Å². The molecule has 0 radical (unpaired) electrons. The molecule has 6 nitrogen and oxygen atoms in total. The van der Waals surface area contributed by atoms with Crippen LogP contribution >= 0.6 is 0 Å². The van der Waals surface area contributed by atoms with E-state index in [2.05, 4.69) is 0 Å². The SMILES string of the molecule is B.CC(N)CN.NCCN.NCCN. The number of rotatable bonds is 3. The molecule has 0 spiro atoms. The van der Waals surface area contributed by atoms with Gasteiger partial charge in [0.1, 0.15) is 0 Å². The van der Waals surface area contributed by atoms with Crippen LogP contribution in [0.1, 0.15) is 6.92 Å². The van der Waals surface area contributed by atoms with Crippen LogP contribution in [0.25, 0.3) is 0 Å². The molecule has 1 unspecified atom stereocenters. The first-order chi connectivity index (χ1) is 6.10. The van der Waals surface area contributed by atoms with E-state index in [0.717, 1.165) is 0 Å². The lowest BCUT2D eigenvalue weighted by molar-refractivity contribution is 0.752. The van der Waals surface area contributed by atoms with Crippen LogP contribution in [0.5, 0.6) is 0 Å². The third kappa shape index (κ3) is 94.7. The van der Waals surface area contributed by atoms with Crippen molar-refractivity contribution in [1.82, 2.24) is 0 Å². The second-order valence-corrected chi connectivity index (χ2v) is 2.37. The molecule has 1 atom stereocenters. The van der Waals surface area contributed by atoms with Gasteiger partial charge in [0.25, 0.3) is 0 Å². The van der Waals surface area contributed by atoms with Crippen molar-refractivity contribution < 1.29 is 0 Å². The fourth-order valence-electron chi connectivity index (χ4n) is 0. The van der Waals surface area contributed by atoms with Gasteiger partial charge in [-0.15, -0.1) is 0 Å². The maximum atomic E-state index is 5.17. The molecule has 0 fully saturated rings. The summed E-state index contributed by atoms with van der Waals surface area (Å²) in [4.78, 5) is 0. The van der Waals surface area contributed by atoms with Crippen LogP contribution in [-0.2, 0) is 0 Å². The van der Waals surface area contributed by atoms with Crippen molar-refractivity contribution in [3.8, 4) is 0 Å². The van der Waals surface area contributed by atoms with Crippen LogP contribution in [0.15, 0.2) is 0 Å². The predicted molar refractivity (Wildman–Crippen MR) is 68.9 cm³/mol. The minimum absolute atomic E-state index is 0. The molecule has 0 aliphatic carbocycles. The fraction of sp³-hybridized carbons (Fsp3) is 1.00. The molecular weight excluding hydrogens is 179 g/mol. The zero-order valence-corrected chi connectivity index (χ0v) is 8.58. The average molecular weight is 208 g/mol. The van der Waals surface area contributed by atoms with E-state index in [0.29, 0.717) is 32.7 Å². The summed E-state index contributed by atoms with van der Waals surface area (Å²) in [7, 11) is 0. The molecule has 0 bridgehead atoms. The Kier molecular flexibility index (Phi) is 49.3. The van der Waals surface area contributed by atoms with E-state index in [1.165, 1.54) is 0 Å². The molecule has 12 N–H and O–H groups in total. The zero-order valence-electron chi connectivity index (χ0n) is 8.58. The van der Waals surface area contributed by atoms with Crippen molar-refractivity contribution in [2.75, 3.05) is 32.7 Å². The second kappa shape index (κ2) is 29.3. The fourth-order valence-corrected chi connectivity index (χ4v) is 0. The Morgan fingerprint density at radius 3 is 0.929 bits per heavy atom. The summed E-state index contributed by atoms with van der Waals surface area (Å²) >= 11 is 0. The number of hydrogen-bond acceptors (Lipinski definition) is 6. The molecule has 0 aliphatic rings. The molecule has 0 aliphatic heterocycles. The lowest BCUT2D eigenvalue weighted by Crippen LogP contribution is -2.25. The van der Waals surface area contributed by atoms with Crippen molar-refractivity contribution in [3.05, 3.63) is 0 Å². The molecule has 0 amide bonds. The lowest BCUT2D eigenvalue weighted by Gasteiger charge is -1.92. The minimum Gasteiger partial charge on any atom is -0.329 e. The maximum absolute atomic E-state index is 5.17. The summed E-state index contributed by atoms with van der Waals surface area (Å²) < 4.78 is 0. The summed E-state index contributed by atoms with van der Waals surface area (Å²) in [5, 5.41) is 0. The normalized spacial score (nSPS) is 9.64. The Morgan fingerprint density at radius 2 is 0.929 bits per heavy atom. The van der Waals surface area contributed by atoms with E-state index in [-0.39, 0.29) is 14.5 Å². The van der Waals surface area contributed by atoms with Crippen molar-refractivity contribution in [2.24, 2.45) is 34.4 Å². The van der Waals surface area contributed by atoms with E-state index in [9.17, 15) is 0 Å². The molecule has 0 aromatic carbocycles. The van der Waals surface area contributed by atoms with Gasteiger partial charge in [0.05, 0.1) is 8.41 Å². The Morgan fingerprint density at radius 1 is 0.786 bits per heavy atom. The third-order valence-corrected chi connectivity index (χ3v) is 0.705. The summed E-state index contributed by atoms with van der Waals surface area (Å²) in [6, 6.07) is 0.162. The van der Waals surface area contributed by atoms with E-state index < -0.39 is 0 Å². The first kappa shape index (κ1) is 23.6. The van der Waals surface area contributed by atoms with E-state index in [4.69, 9.17) is 34.4 Å². The van der Waals surface area contributed by atoms with Crippen molar-refractivity contribution in [3.63, 3.8) is 0 Å². The van der Waals surface area contributed by atoms with E-state index >= 15 is 0 Å². The van der Waals surface area contributed by atoms with E-state index in [1.54, 1.807) is 0 Å². The van der Waals surface area contributed by atoms with Gasteiger partial charge in [0.15, 0.2) is 0 Å². The maximum Gasteiger partial charge on any atom is 0.0814 e. The zero-order chi connectivity index (χ0) is 11.1. The van der Waals surface area contributed by atoms with Gasteiger partial charge in [0, 0.05) is 38.8 Å². The van der Waals surface area contributed by atoms with E-state index in [1.807, 2.05) is 6.92 Å². The first-order valence-electron chi connectivity index (χ1n) is 4.36. The lowest BCUT2D eigenvalue weighted by atomic mass is 10.4. The Balaban J connectivity index is -0.0000000522. The Labute approximate surface area is 89.3 Å². The minimum atomic E-state index is 0. The van der Waals surface area contributed by atoms with Crippen LogP contribution < -0.4 is 34.4 Å². The highest BCUT2D eigenvalue weighted by molar-refractivity contribution is 5.75. The molecule has 0 saturated heterocycles. The van der Waals surface area contributed by atoms with Gasteiger partial charge in [0.2, 0.25) is 0 Å². The van der Waals surface area contributed by atoms with Crippen LogP contribution in [-0.4, -0.2) is 47.2 Å². The molecule has 90 valence electrons. The smallest absolute Gasteiger partial charge is 0.0814 e. The monoisotopic (exact) mass is 208 g/mol. The topological polar surface area (TPSA) is 156 Å². The summed E-state index contributed by atoms with van der Waals surface area (Å²) in [5.41, 5.74) is 29.8. The van der Waals surface area contributed by atoms with Crippen LogP contribution in [0.4, 0.5) is 0 Å². The van der Waals surface area contributed by atoms with Gasteiger partial charge in [-0.05, 0) is 6.92 Å². The Hall–Kier alpha value is -0.175. The van der Waals surface area contributed by atoms with Gasteiger partial charge in [-0.1, -0.05) is 0 Å². The average Bonchev–Trinajstić information content (AvgIpc) is 2.18. The quantitative estimate of drug-likeness (QED) is 0.259. The molecule has 0 rings (SSSR count). The van der Waals surface area contributed by atoms with Crippen molar-refractivity contribution in [2.45, 2.75) is 13.0 Å². The van der Waals surface area contributed by atoms with Gasteiger partial charge in [-0.3, -0.25) is 0 Å². The molecule has 7 heteroatoms. The largest absolute Gasteiger partial charge is 0.329 e. The highest BCUT2D eigenvalue weighted by atomic mass is 14.7. The summed E-state index contributed by atoms with van der Waals surface area (Å²) in [6.45, 7) is 4.85. The summed E-state index contributed by atoms with van der Waals surface area (Å²) in [5.74, 6) is 0. The second-order valence-electron chi connectivity index (χ2n) is 2.37. The standard InChI is InChI=1S/C3H10N2.2C2H8N2.BH3/c1-3(5)2-4;2*3-1-2-4;/h3H,2,4-5H2,1H3;2*1-4H2;1H3. The predicted octanol–water partition coefficient (Wildman–Crippen LogP) is -4.08. The molecule has 0 aromatic heterocycles. The first-order valence-corrected chi connectivity index (χ1v) is 4.36. The highest BCUT2D eigenvalue weighted by Gasteiger charge is 1.79. The van der Waals surface area contributed by atoms with Crippen LogP contribution in [0.2, 0.25) is 0 Å².